The average molecular weight is 276 g/mol. The number of carbonyl (C=O) groups is 1. The second-order valence-corrected chi connectivity index (χ2v) is 3.75. The number of carboxylic acid groups (broad SMARTS) is 1. The minimum absolute atomic E-state index is 0.318. The number of aromatic nitrogens is 4. The zero-order valence-electron chi connectivity index (χ0n) is 7.37. The molecule has 0 amide bonds. The Labute approximate surface area is 92.0 Å². The monoisotopic (exact) mass is 275 g/mol. The van der Waals surface area contributed by atoms with E-state index in [1.165, 1.54) is 0 Å². The average Bonchev–Trinajstić information content (AvgIpc) is 2.72. The zero-order chi connectivity index (χ0) is 10.8. The van der Waals surface area contributed by atoms with Gasteiger partial charge in [0.25, 0.3) is 0 Å². The number of nitrogens with zero attached hydrogens (tertiary/aromatic N) is 5. The van der Waals surface area contributed by atoms with Crippen LogP contribution in [0, 0.1) is 0 Å². The number of rotatable bonds is 3. The van der Waals surface area contributed by atoms with E-state index in [0.717, 1.165) is 4.80 Å². The van der Waals surface area contributed by atoms with Crippen molar-refractivity contribution in [1.29, 1.82) is 0 Å². The molecule has 15 heavy (non-hydrogen) atoms. The first-order valence-electron chi connectivity index (χ1n) is 4.03. The normalized spacial score (nSPS) is 19.8. The third kappa shape index (κ3) is 2.29. The number of carboxylic acids is 1. The Morgan fingerprint density at radius 1 is 1.73 bits per heavy atom. The van der Waals surface area contributed by atoms with E-state index in [4.69, 9.17) is 9.94 Å². The van der Waals surface area contributed by atoms with Gasteiger partial charge in [-0.15, -0.1) is 10.2 Å². The van der Waals surface area contributed by atoms with Crippen molar-refractivity contribution in [3.8, 4) is 0 Å². The van der Waals surface area contributed by atoms with Crippen molar-refractivity contribution in [2.24, 2.45) is 5.16 Å². The summed E-state index contributed by atoms with van der Waals surface area (Å²) in [5.74, 6) is -0.696. The van der Waals surface area contributed by atoms with E-state index in [9.17, 15) is 4.79 Å². The molecule has 0 saturated heterocycles. The maximum Gasteiger partial charge on any atom is 0.327 e. The number of hydrogen-bond donors (Lipinski definition) is 1. The van der Waals surface area contributed by atoms with Gasteiger partial charge in [0.2, 0.25) is 5.82 Å². The fraction of sp³-hybridized carbons (Fsp3) is 0.500. The largest absolute Gasteiger partial charge is 0.480 e. The SMILES string of the molecule is O=C(O)Cn1nnc(C2CC(Br)=NO2)n1. The lowest BCUT2D eigenvalue weighted by Crippen LogP contribution is -2.12. The Kier molecular flexibility index (Phi) is 2.62. The van der Waals surface area contributed by atoms with Gasteiger partial charge >= 0.3 is 5.97 Å². The highest BCUT2D eigenvalue weighted by Gasteiger charge is 2.26. The number of tetrazole rings is 1. The summed E-state index contributed by atoms with van der Waals surface area (Å²) in [4.78, 5) is 16.3. The smallest absolute Gasteiger partial charge is 0.327 e. The van der Waals surface area contributed by atoms with Gasteiger partial charge in [-0.2, -0.15) is 4.80 Å². The Hall–Kier alpha value is -1.51. The van der Waals surface area contributed by atoms with Crippen LogP contribution in [0.5, 0.6) is 0 Å². The predicted octanol–water partition coefficient (Wildman–Crippen LogP) is -0.0725. The second-order valence-electron chi connectivity index (χ2n) is 2.84. The number of hydrogen-bond acceptors (Lipinski definition) is 6. The molecule has 1 unspecified atom stereocenters. The molecule has 1 aliphatic rings. The molecule has 1 aromatic heterocycles. The molecular weight excluding hydrogens is 270 g/mol. The maximum absolute atomic E-state index is 10.4. The summed E-state index contributed by atoms with van der Waals surface area (Å²) in [6.07, 6.45) is 0.139. The van der Waals surface area contributed by atoms with Gasteiger partial charge in [-0.25, -0.2) is 0 Å². The Morgan fingerprint density at radius 3 is 3.13 bits per heavy atom. The number of halogens is 1. The summed E-state index contributed by atoms with van der Waals surface area (Å²) in [5, 5.41) is 23.3. The van der Waals surface area contributed by atoms with Crippen LogP contribution >= 0.6 is 15.9 Å². The summed E-state index contributed by atoms with van der Waals surface area (Å²) >= 11 is 3.17. The van der Waals surface area contributed by atoms with E-state index in [1.54, 1.807) is 0 Å². The van der Waals surface area contributed by atoms with Gasteiger partial charge in [0.05, 0.1) is 0 Å². The van der Waals surface area contributed by atoms with Gasteiger partial charge in [0.15, 0.2) is 12.6 Å². The minimum atomic E-state index is -1.02. The molecule has 9 heteroatoms. The van der Waals surface area contributed by atoms with Crippen LogP contribution in [0.15, 0.2) is 5.16 Å². The Balaban J connectivity index is 2.04. The summed E-state index contributed by atoms with van der Waals surface area (Å²) in [7, 11) is 0. The maximum atomic E-state index is 10.4. The van der Waals surface area contributed by atoms with Gasteiger partial charge in [0, 0.05) is 6.42 Å². The standard InChI is InChI=1S/C6H6BrN5O3/c7-4-1-3(15-10-4)6-8-11-12(9-6)2-5(13)14/h3H,1-2H2,(H,13,14). The van der Waals surface area contributed by atoms with Crippen LogP contribution in [0.2, 0.25) is 0 Å². The van der Waals surface area contributed by atoms with Gasteiger partial charge < -0.3 is 9.94 Å². The van der Waals surface area contributed by atoms with Crippen molar-refractivity contribution in [3.63, 3.8) is 0 Å². The summed E-state index contributed by atoms with van der Waals surface area (Å²) < 4.78 is 0.669. The first-order chi connectivity index (χ1) is 7.15. The zero-order valence-corrected chi connectivity index (χ0v) is 8.96. The molecule has 0 bridgehead atoms. The first-order valence-corrected chi connectivity index (χ1v) is 4.82. The van der Waals surface area contributed by atoms with Gasteiger partial charge in [-0.1, -0.05) is 5.16 Å². The minimum Gasteiger partial charge on any atom is -0.480 e. The number of oxime groups is 1. The van der Waals surface area contributed by atoms with E-state index < -0.39 is 5.97 Å². The third-order valence-electron chi connectivity index (χ3n) is 1.67. The lowest BCUT2D eigenvalue weighted by Gasteiger charge is -1.99. The highest BCUT2D eigenvalue weighted by Crippen LogP contribution is 2.25. The van der Waals surface area contributed by atoms with Gasteiger partial charge in [-0.3, -0.25) is 4.79 Å². The molecule has 8 nitrogen and oxygen atoms in total. The molecule has 1 atom stereocenters. The highest BCUT2D eigenvalue weighted by atomic mass is 79.9. The molecule has 80 valence electrons. The molecule has 0 radical (unpaired) electrons. The fourth-order valence-corrected chi connectivity index (χ4v) is 1.44. The van der Waals surface area contributed by atoms with E-state index in [2.05, 4.69) is 36.5 Å². The van der Waals surface area contributed by atoms with Crippen LogP contribution < -0.4 is 0 Å². The molecule has 2 rings (SSSR count). The molecule has 1 aliphatic heterocycles. The van der Waals surface area contributed by atoms with Crippen molar-refractivity contribution >= 4 is 26.5 Å². The molecule has 1 N–H and O–H groups in total. The van der Waals surface area contributed by atoms with Crippen molar-refractivity contribution in [2.45, 2.75) is 19.1 Å². The quantitative estimate of drug-likeness (QED) is 0.828. The van der Waals surface area contributed by atoms with Crippen molar-refractivity contribution in [2.75, 3.05) is 0 Å². The summed E-state index contributed by atoms with van der Waals surface area (Å²) in [5.41, 5.74) is 0. The van der Waals surface area contributed by atoms with Crippen LogP contribution in [0.4, 0.5) is 0 Å². The van der Waals surface area contributed by atoms with Crippen LogP contribution in [0.3, 0.4) is 0 Å². The predicted molar refractivity (Wildman–Crippen MR) is 50.3 cm³/mol. The highest BCUT2D eigenvalue weighted by molar-refractivity contribution is 9.18. The lowest BCUT2D eigenvalue weighted by molar-refractivity contribution is -0.138. The van der Waals surface area contributed by atoms with Crippen LogP contribution in [-0.2, 0) is 16.2 Å². The van der Waals surface area contributed by atoms with E-state index in [0.29, 0.717) is 16.9 Å². The van der Waals surface area contributed by atoms with Crippen molar-refractivity contribution < 1.29 is 14.7 Å². The molecular formula is C6H6BrN5O3. The van der Waals surface area contributed by atoms with Crippen molar-refractivity contribution in [3.05, 3.63) is 5.82 Å². The molecule has 2 heterocycles. The van der Waals surface area contributed by atoms with Crippen molar-refractivity contribution in [1.82, 2.24) is 20.2 Å². The van der Waals surface area contributed by atoms with Crippen LogP contribution in [-0.4, -0.2) is 35.9 Å². The van der Waals surface area contributed by atoms with Gasteiger partial charge in [-0.05, 0) is 21.1 Å². The summed E-state index contributed by atoms with van der Waals surface area (Å²) in [6, 6.07) is 0. The second kappa shape index (κ2) is 3.93. The van der Waals surface area contributed by atoms with E-state index in [-0.39, 0.29) is 12.6 Å². The van der Waals surface area contributed by atoms with E-state index in [1.807, 2.05) is 0 Å². The number of aliphatic carboxylic acids is 1. The lowest BCUT2D eigenvalue weighted by atomic mass is 10.3. The van der Waals surface area contributed by atoms with Crippen LogP contribution in [0.1, 0.15) is 18.3 Å². The van der Waals surface area contributed by atoms with E-state index >= 15 is 0 Å². The van der Waals surface area contributed by atoms with Gasteiger partial charge in [0.1, 0.15) is 4.62 Å². The Bertz CT molecular complexity index is 417. The molecule has 0 saturated carbocycles. The molecule has 1 aromatic rings. The molecule has 0 aromatic carbocycles. The molecule has 0 aliphatic carbocycles. The molecule has 0 fully saturated rings. The van der Waals surface area contributed by atoms with Crippen LogP contribution in [0.25, 0.3) is 0 Å². The first kappa shape index (κ1) is 10.0. The topological polar surface area (TPSA) is 102 Å². The third-order valence-corrected chi connectivity index (χ3v) is 2.13. The molecule has 0 spiro atoms. The fourth-order valence-electron chi connectivity index (χ4n) is 1.06. The Morgan fingerprint density at radius 2 is 2.53 bits per heavy atom. The summed E-state index contributed by atoms with van der Waals surface area (Å²) in [6.45, 7) is -0.318.